The molecule has 66 valence electrons. The zero-order valence-electron chi connectivity index (χ0n) is 6.92. The Morgan fingerprint density at radius 1 is 1.83 bits per heavy atom. The van der Waals surface area contributed by atoms with Crippen LogP contribution in [0.4, 0.5) is 4.79 Å². The van der Waals surface area contributed by atoms with E-state index < -0.39 is 0 Å². The molecule has 12 heavy (non-hydrogen) atoms. The third kappa shape index (κ3) is 1.89. The van der Waals surface area contributed by atoms with E-state index in [9.17, 15) is 4.79 Å². The van der Waals surface area contributed by atoms with E-state index in [1.807, 2.05) is 0 Å². The van der Waals surface area contributed by atoms with E-state index in [2.05, 4.69) is 11.2 Å². The van der Waals surface area contributed by atoms with E-state index in [4.69, 9.17) is 12.2 Å². The minimum Gasteiger partial charge on any atom is -0.351 e. The quantitative estimate of drug-likeness (QED) is 0.510. The Labute approximate surface area is 72.1 Å². The predicted octanol–water partition coefficient (Wildman–Crippen LogP) is -0.638. The minimum absolute atomic E-state index is 0.0706. The standard InChI is InChI=1S/C8H13N3O/c1-2-3-7-6-10-4-5-11(7)8(9)12/h1,7,10H,3-6H2,(H2,9,12). The Morgan fingerprint density at radius 2 is 2.58 bits per heavy atom. The number of piperazine rings is 1. The van der Waals surface area contributed by atoms with Gasteiger partial charge in [-0.3, -0.25) is 0 Å². The van der Waals surface area contributed by atoms with Gasteiger partial charge in [0.15, 0.2) is 0 Å². The Balaban J connectivity index is 2.55. The van der Waals surface area contributed by atoms with Crippen LogP contribution < -0.4 is 11.1 Å². The molecule has 1 fully saturated rings. The molecule has 4 heteroatoms. The number of amides is 2. The molecule has 0 aromatic carbocycles. The maximum atomic E-state index is 10.9. The number of primary amides is 1. The highest BCUT2D eigenvalue weighted by atomic mass is 16.2. The fourth-order valence-corrected chi connectivity index (χ4v) is 1.37. The first-order valence-corrected chi connectivity index (χ1v) is 3.96. The number of hydrogen-bond acceptors (Lipinski definition) is 2. The number of terminal acetylenes is 1. The molecule has 0 radical (unpaired) electrons. The number of nitrogens with two attached hydrogens (primary N) is 1. The summed E-state index contributed by atoms with van der Waals surface area (Å²) in [6.07, 6.45) is 5.73. The second-order valence-corrected chi connectivity index (χ2v) is 2.80. The normalized spacial score (nSPS) is 23.2. The molecule has 3 N–H and O–H groups in total. The summed E-state index contributed by atoms with van der Waals surface area (Å²) in [4.78, 5) is 12.5. The van der Waals surface area contributed by atoms with Gasteiger partial charge in [-0.05, 0) is 0 Å². The van der Waals surface area contributed by atoms with Crippen LogP contribution >= 0.6 is 0 Å². The summed E-state index contributed by atoms with van der Waals surface area (Å²) in [5.74, 6) is 2.53. The van der Waals surface area contributed by atoms with Crippen LogP contribution in [-0.2, 0) is 0 Å². The number of carbonyl (C=O) groups excluding carboxylic acids is 1. The van der Waals surface area contributed by atoms with Gasteiger partial charge in [0.2, 0.25) is 0 Å². The summed E-state index contributed by atoms with van der Waals surface area (Å²) in [6, 6.07) is -0.307. The van der Waals surface area contributed by atoms with Crippen LogP contribution in [0.25, 0.3) is 0 Å². The first-order chi connectivity index (χ1) is 5.75. The van der Waals surface area contributed by atoms with Crippen LogP contribution in [0.1, 0.15) is 6.42 Å². The monoisotopic (exact) mass is 167 g/mol. The molecule has 0 bridgehead atoms. The number of rotatable bonds is 1. The highest BCUT2D eigenvalue weighted by molar-refractivity contribution is 5.72. The van der Waals surface area contributed by atoms with Gasteiger partial charge in [-0.15, -0.1) is 12.3 Å². The molecule has 1 rings (SSSR count). The molecule has 0 aliphatic carbocycles. The zero-order chi connectivity index (χ0) is 8.97. The number of hydrogen-bond donors (Lipinski definition) is 2. The minimum atomic E-state index is -0.378. The van der Waals surface area contributed by atoms with Crippen molar-refractivity contribution in [2.24, 2.45) is 5.73 Å². The Morgan fingerprint density at radius 3 is 3.17 bits per heavy atom. The van der Waals surface area contributed by atoms with Gasteiger partial charge in [-0.2, -0.15) is 0 Å². The first kappa shape index (κ1) is 8.88. The van der Waals surface area contributed by atoms with Crippen LogP contribution in [0.15, 0.2) is 0 Å². The summed E-state index contributed by atoms with van der Waals surface area (Å²) < 4.78 is 0. The molecule has 1 atom stereocenters. The molecule has 0 aromatic heterocycles. The van der Waals surface area contributed by atoms with Gasteiger partial charge in [0.1, 0.15) is 0 Å². The topological polar surface area (TPSA) is 58.4 Å². The van der Waals surface area contributed by atoms with Crippen molar-refractivity contribution >= 4 is 6.03 Å². The van der Waals surface area contributed by atoms with Crippen molar-refractivity contribution in [2.45, 2.75) is 12.5 Å². The number of nitrogens with one attached hydrogen (secondary N) is 1. The Bertz CT molecular complexity index is 209. The number of urea groups is 1. The van der Waals surface area contributed by atoms with E-state index in [0.29, 0.717) is 13.0 Å². The molecule has 1 saturated heterocycles. The molecule has 0 spiro atoms. The first-order valence-electron chi connectivity index (χ1n) is 3.96. The highest BCUT2D eigenvalue weighted by Gasteiger charge is 2.23. The molecule has 0 saturated carbocycles. The maximum absolute atomic E-state index is 10.9. The van der Waals surface area contributed by atoms with Crippen molar-refractivity contribution in [1.29, 1.82) is 0 Å². The summed E-state index contributed by atoms with van der Waals surface area (Å²) in [5.41, 5.74) is 5.18. The Hall–Kier alpha value is -1.21. The van der Waals surface area contributed by atoms with Crippen molar-refractivity contribution in [3.8, 4) is 12.3 Å². The van der Waals surface area contributed by atoms with Crippen molar-refractivity contribution in [3.63, 3.8) is 0 Å². The molecule has 1 aliphatic rings. The fraction of sp³-hybridized carbons (Fsp3) is 0.625. The van der Waals surface area contributed by atoms with Gasteiger partial charge in [0.25, 0.3) is 0 Å². The van der Waals surface area contributed by atoms with Gasteiger partial charge in [-0.1, -0.05) is 0 Å². The second kappa shape index (κ2) is 3.98. The zero-order valence-corrected chi connectivity index (χ0v) is 6.92. The smallest absolute Gasteiger partial charge is 0.315 e. The average Bonchev–Trinajstić information content (AvgIpc) is 2.05. The summed E-state index contributed by atoms with van der Waals surface area (Å²) in [6.45, 7) is 2.19. The molecule has 2 amide bonds. The van der Waals surface area contributed by atoms with Crippen LogP contribution in [0.3, 0.4) is 0 Å². The lowest BCUT2D eigenvalue weighted by atomic mass is 10.1. The lowest BCUT2D eigenvalue weighted by molar-refractivity contribution is 0.168. The molecule has 1 unspecified atom stereocenters. The van der Waals surface area contributed by atoms with Gasteiger partial charge < -0.3 is 16.0 Å². The van der Waals surface area contributed by atoms with Gasteiger partial charge in [0, 0.05) is 26.1 Å². The lowest BCUT2D eigenvalue weighted by Crippen LogP contribution is -2.55. The summed E-state index contributed by atoms with van der Waals surface area (Å²) >= 11 is 0. The van der Waals surface area contributed by atoms with Gasteiger partial charge >= 0.3 is 6.03 Å². The van der Waals surface area contributed by atoms with Crippen molar-refractivity contribution in [1.82, 2.24) is 10.2 Å². The van der Waals surface area contributed by atoms with E-state index in [1.54, 1.807) is 4.90 Å². The maximum Gasteiger partial charge on any atom is 0.315 e. The van der Waals surface area contributed by atoms with E-state index in [0.717, 1.165) is 13.1 Å². The van der Waals surface area contributed by atoms with E-state index in [1.165, 1.54) is 0 Å². The fourth-order valence-electron chi connectivity index (χ4n) is 1.37. The van der Waals surface area contributed by atoms with Gasteiger partial charge in [0.05, 0.1) is 6.04 Å². The molecule has 1 heterocycles. The third-order valence-corrected chi connectivity index (χ3v) is 1.99. The van der Waals surface area contributed by atoms with Crippen LogP contribution in [0.2, 0.25) is 0 Å². The van der Waals surface area contributed by atoms with Crippen molar-refractivity contribution < 1.29 is 4.79 Å². The lowest BCUT2D eigenvalue weighted by Gasteiger charge is -2.33. The van der Waals surface area contributed by atoms with Crippen LogP contribution in [-0.4, -0.2) is 36.6 Å². The van der Waals surface area contributed by atoms with E-state index in [-0.39, 0.29) is 12.1 Å². The second-order valence-electron chi connectivity index (χ2n) is 2.80. The average molecular weight is 167 g/mol. The number of carbonyl (C=O) groups is 1. The Kier molecular flexibility index (Phi) is 2.94. The molecular weight excluding hydrogens is 154 g/mol. The SMILES string of the molecule is C#CCC1CNCCN1C(N)=O. The van der Waals surface area contributed by atoms with E-state index >= 15 is 0 Å². The molecule has 4 nitrogen and oxygen atoms in total. The number of nitrogens with zero attached hydrogens (tertiary/aromatic N) is 1. The molecule has 1 aliphatic heterocycles. The third-order valence-electron chi connectivity index (χ3n) is 1.99. The predicted molar refractivity (Wildman–Crippen MR) is 46.4 cm³/mol. The molecule has 0 aromatic rings. The highest BCUT2D eigenvalue weighted by Crippen LogP contribution is 2.05. The summed E-state index contributed by atoms with van der Waals surface area (Å²) in [5, 5.41) is 3.16. The summed E-state index contributed by atoms with van der Waals surface area (Å²) in [7, 11) is 0. The van der Waals surface area contributed by atoms with Gasteiger partial charge in [-0.25, -0.2) is 4.79 Å². The van der Waals surface area contributed by atoms with Crippen LogP contribution in [0.5, 0.6) is 0 Å². The largest absolute Gasteiger partial charge is 0.351 e. The van der Waals surface area contributed by atoms with Crippen molar-refractivity contribution in [2.75, 3.05) is 19.6 Å². The van der Waals surface area contributed by atoms with Crippen LogP contribution in [0, 0.1) is 12.3 Å². The van der Waals surface area contributed by atoms with Crippen molar-refractivity contribution in [3.05, 3.63) is 0 Å². The molecular formula is C8H13N3O.